The Kier molecular flexibility index (Phi) is 4.57. The van der Waals surface area contributed by atoms with Crippen molar-refractivity contribution in [2.24, 2.45) is 0 Å². The van der Waals surface area contributed by atoms with Gasteiger partial charge in [0.15, 0.2) is 0 Å². The van der Waals surface area contributed by atoms with Gasteiger partial charge in [-0.25, -0.2) is 4.98 Å². The van der Waals surface area contributed by atoms with E-state index in [0.29, 0.717) is 12.5 Å². The molecule has 3 rings (SSSR count). The first-order valence-electron chi connectivity index (χ1n) is 7.88. The Morgan fingerprint density at radius 3 is 3.00 bits per heavy atom. The highest BCUT2D eigenvalue weighted by Gasteiger charge is 2.29. The molecule has 1 saturated heterocycles. The lowest BCUT2D eigenvalue weighted by atomic mass is 10.0. The molecule has 1 amide bonds. The second-order valence-corrected chi connectivity index (χ2v) is 6.95. The van der Waals surface area contributed by atoms with Gasteiger partial charge in [0.2, 0.25) is 5.91 Å². The number of piperidine rings is 1. The molecule has 0 bridgehead atoms. The maximum absolute atomic E-state index is 12.7. The van der Waals surface area contributed by atoms with Crippen molar-refractivity contribution in [2.75, 3.05) is 6.54 Å². The van der Waals surface area contributed by atoms with Crippen LogP contribution < -0.4 is 0 Å². The third-order valence-corrected chi connectivity index (χ3v) is 4.96. The van der Waals surface area contributed by atoms with Crippen LogP contribution in [-0.4, -0.2) is 32.1 Å². The molecule has 0 aliphatic carbocycles. The number of nitrogens with zero attached hydrogens (tertiary/aromatic N) is 4. The first-order valence-corrected chi connectivity index (χ1v) is 8.76. The van der Waals surface area contributed by atoms with Crippen molar-refractivity contribution in [1.29, 1.82) is 0 Å². The third kappa shape index (κ3) is 3.21. The molecule has 6 heteroatoms. The highest BCUT2D eigenvalue weighted by molar-refractivity contribution is 7.09. The molecule has 2 aromatic rings. The molecule has 0 radical (unpaired) electrons. The molecule has 0 aromatic carbocycles. The largest absolute Gasteiger partial charge is 0.333 e. The van der Waals surface area contributed by atoms with Gasteiger partial charge in [0.05, 0.1) is 18.2 Å². The predicted octanol–water partition coefficient (Wildman–Crippen LogP) is 3.22. The first kappa shape index (κ1) is 15.2. The molecule has 1 aliphatic rings. The number of carbonyl (C=O) groups is 1. The molecule has 3 heterocycles. The minimum absolute atomic E-state index is 0.147. The quantitative estimate of drug-likeness (QED) is 0.870. The van der Waals surface area contributed by atoms with Gasteiger partial charge in [-0.1, -0.05) is 0 Å². The van der Waals surface area contributed by atoms with E-state index >= 15 is 0 Å². The fourth-order valence-corrected chi connectivity index (χ4v) is 3.69. The van der Waals surface area contributed by atoms with Crippen molar-refractivity contribution in [3.05, 3.63) is 34.5 Å². The van der Waals surface area contributed by atoms with Gasteiger partial charge in [-0.15, -0.1) is 11.3 Å². The molecule has 1 atom stereocenters. The van der Waals surface area contributed by atoms with Gasteiger partial charge >= 0.3 is 0 Å². The second kappa shape index (κ2) is 6.60. The van der Waals surface area contributed by atoms with E-state index in [9.17, 15) is 4.79 Å². The lowest BCUT2D eigenvalue weighted by Crippen LogP contribution is -2.39. The lowest BCUT2D eigenvalue weighted by Gasteiger charge is -2.34. The fraction of sp³-hybridized carbons (Fsp3) is 0.562. The minimum Gasteiger partial charge on any atom is -0.333 e. The van der Waals surface area contributed by atoms with E-state index in [1.54, 1.807) is 11.3 Å². The molecular weight excluding hydrogens is 296 g/mol. The van der Waals surface area contributed by atoms with E-state index < -0.39 is 0 Å². The van der Waals surface area contributed by atoms with Crippen LogP contribution in [0, 0.1) is 0 Å². The van der Waals surface area contributed by atoms with Crippen LogP contribution in [0.2, 0.25) is 0 Å². The van der Waals surface area contributed by atoms with E-state index in [1.807, 2.05) is 33.4 Å². The zero-order valence-electron chi connectivity index (χ0n) is 13.1. The van der Waals surface area contributed by atoms with Gasteiger partial charge in [0.1, 0.15) is 5.01 Å². The molecule has 0 unspecified atom stereocenters. The van der Waals surface area contributed by atoms with E-state index in [1.165, 1.54) is 0 Å². The molecule has 5 nitrogen and oxygen atoms in total. The number of likely N-dealkylation sites (tertiary alicyclic amines) is 1. The zero-order valence-corrected chi connectivity index (χ0v) is 13.9. The first-order chi connectivity index (χ1) is 10.6. The zero-order chi connectivity index (χ0) is 15.5. The normalized spacial score (nSPS) is 18.9. The van der Waals surface area contributed by atoms with Crippen molar-refractivity contribution in [2.45, 2.75) is 51.6 Å². The average molecular weight is 318 g/mol. The molecule has 0 N–H and O–H groups in total. The van der Waals surface area contributed by atoms with Crippen LogP contribution in [0.15, 0.2) is 23.8 Å². The summed E-state index contributed by atoms with van der Waals surface area (Å²) >= 11 is 1.64. The summed E-state index contributed by atoms with van der Waals surface area (Å²) in [5, 5.41) is 7.53. The molecule has 118 valence electrons. The highest BCUT2D eigenvalue weighted by atomic mass is 32.1. The van der Waals surface area contributed by atoms with Crippen molar-refractivity contribution < 1.29 is 4.79 Å². The average Bonchev–Trinajstić information content (AvgIpc) is 3.18. The summed E-state index contributed by atoms with van der Waals surface area (Å²) in [6.45, 7) is 5.00. The van der Waals surface area contributed by atoms with Crippen molar-refractivity contribution in [3.63, 3.8) is 0 Å². The minimum atomic E-state index is 0.147. The predicted molar refractivity (Wildman–Crippen MR) is 86.7 cm³/mol. The van der Waals surface area contributed by atoms with Crippen LogP contribution >= 0.6 is 11.3 Å². The molecule has 22 heavy (non-hydrogen) atoms. The summed E-state index contributed by atoms with van der Waals surface area (Å²) in [4.78, 5) is 19.1. The Balaban J connectivity index is 1.71. The van der Waals surface area contributed by atoms with Crippen LogP contribution in [0.4, 0.5) is 0 Å². The van der Waals surface area contributed by atoms with E-state index in [-0.39, 0.29) is 11.9 Å². The summed E-state index contributed by atoms with van der Waals surface area (Å²) < 4.78 is 1.90. The number of thiazole rings is 1. The summed E-state index contributed by atoms with van der Waals surface area (Å²) in [5.74, 6) is 0.161. The SMILES string of the molecule is CC(C)n1ccc(CC(=O)N2CCCC[C@H]2c2nccs2)n1. The molecule has 2 aromatic heterocycles. The van der Waals surface area contributed by atoms with Gasteiger partial charge in [-0.05, 0) is 39.2 Å². The summed E-state index contributed by atoms with van der Waals surface area (Å²) in [6, 6.07) is 2.41. The lowest BCUT2D eigenvalue weighted by molar-refractivity contribution is -0.134. The van der Waals surface area contributed by atoms with Crippen LogP contribution in [0.1, 0.15) is 55.9 Å². The summed E-state index contributed by atoms with van der Waals surface area (Å²) in [6.07, 6.45) is 7.40. The third-order valence-electron chi connectivity index (χ3n) is 4.08. The van der Waals surface area contributed by atoms with Crippen molar-refractivity contribution in [1.82, 2.24) is 19.7 Å². The Bertz CT molecular complexity index is 620. The number of hydrogen-bond acceptors (Lipinski definition) is 4. The summed E-state index contributed by atoms with van der Waals surface area (Å²) in [5.41, 5.74) is 0.849. The Morgan fingerprint density at radius 2 is 2.32 bits per heavy atom. The molecule has 0 spiro atoms. The van der Waals surface area contributed by atoms with Crippen LogP contribution in [0.3, 0.4) is 0 Å². The van der Waals surface area contributed by atoms with Gasteiger partial charge < -0.3 is 4.90 Å². The van der Waals surface area contributed by atoms with Crippen molar-refractivity contribution >= 4 is 17.2 Å². The molecule has 0 saturated carbocycles. The number of carbonyl (C=O) groups excluding carboxylic acids is 1. The Labute approximate surface area is 135 Å². The smallest absolute Gasteiger partial charge is 0.229 e. The van der Waals surface area contributed by atoms with E-state index in [4.69, 9.17) is 0 Å². The Morgan fingerprint density at radius 1 is 1.45 bits per heavy atom. The monoisotopic (exact) mass is 318 g/mol. The number of aromatic nitrogens is 3. The van der Waals surface area contributed by atoms with E-state index in [2.05, 4.69) is 23.9 Å². The van der Waals surface area contributed by atoms with Crippen molar-refractivity contribution in [3.8, 4) is 0 Å². The van der Waals surface area contributed by atoms with E-state index in [0.717, 1.165) is 36.5 Å². The second-order valence-electron chi connectivity index (χ2n) is 6.03. The highest BCUT2D eigenvalue weighted by Crippen LogP contribution is 2.32. The summed E-state index contributed by atoms with van der Waals surface area (Å²) in [7, 11) is 0. The molecule has 1 fully saturated rings. The standard InChI is InChI=1S/C16H22N4OS/c1-12(2)20-9-6-13(18-20)11-15(21)19-8-4-3-5-14(19)16-17-7-10-22-16/h6-7,9-10,12,14H,3-5,8,11H2,1-2H3/t14-/m0/s1. The van der Waals surface area contributed by atoms with Crippen LogP contribution in [-0.2, 0) is 11.2 Å². The topological polar surface area (TPSA) is 51.0 Å². The Hall–Kier alpha value is -1.69. The van der Waals surface area contributed by atoms with Crippen LogP contribution in [0.25, 0.3) is 0 Å². The number of hydrogen-bond donors (Lipinski definition) is 0. The number of rotatable bonds is 4. The van der Waals surface area contributed by atoms with Gasteiger partial charge in [-0.2, -0.15) is 5.10 Å². The number of amides is 1. The fourth-order valence-electron chi connectivity index (χ4n) is 2.90. The van der Waals surface area contributed by atoms with Crippen LogP contribution in [0.5, 0.6) is 0 Å². The van der Waals surface area contributed by atoms with Gasteiger partial charge in [0, 0.05) is 30.4 Å². The maximum atomic E-state index is 12.7. The molecule has 1 aliphatic heterocycles. The van der Waals surface area contributed by atoms with Gasteiger partial charge in [0.25, 0.3) is 0 Å². The maximum Gasteiger partial charge on any atom is 0.229 e. The van der Waals surface area contributed by atoms with Gasteiger partial charge in [-0.3, -0.25) is 9.48 Å². The molecular formula is C16H22N4OS.